The second-order valence-electron chi connectivity index (χ2n) is 7.05. The highest BCUT2D eigenvalue weighted by molar-refractivity contribution is 5.79. The van der Waals surface area contributed by atoms with E-state index in [9.17, 15) is 5.11 Å². The largest absolute Gasteiger partial charge is 0.388 e. The molecule has 2 saturated heterocycles. The SMILES string of the molecule is CCNC(=NCC1(O)CCOCC1)NCCN1CCCCC1CC. The summed E-state index contributed by atoms with van der Waals surface area (Å²) in [6.45, 7) is 10.0. The zero-order chi connectivity index (χ0) is 17.3. The van der Waals surface area contributed by atoms with E-state index in [2.05, 4.69) is 34.4 Å². The average Bonchev–Trinajstić information content (AvgIpc) is 2.61. The molecule has 0 amide bonds. The molecule has 6 nitrogen and oxygen atoms in total. The van der Waals surface area contributed by atoms with E-state index in [1.165, 1.54) is 32.2 Å². The van der Waals surface area contributed by atoms with Gasteiger partial charge in [-0.1, -0.05) is 13.3 Å². The number of aliphatic hydroxyl groups is 1. The summed E-state index contributed by atoms with van der Waals surface area (Å²) in [7, 11) is 0. The zero-order valence-electron chi connectivity index (χ0n) is 15.5. The van der Waals surface area contributed by atoms with E-state index in [0.29, 0.717) is 32.6 Å². The van der Waals surface area contributed by atoms with E-state index in [1.54, 1.807) is 0 Å². The standard InChI is InChI=1S/C18H36N4O2/c1-3-16-7-5-6-11-22(16)12-10-20-17(19-4-2)21-15-18(23)8-13-24-14-9-18/h16,23H,3-15H2,1-2H3,(H2,19,20,21). The van der Waals surface area contributed by atoms with Gasteiger partial charge < -0.3 is 20.5 Å². The van der Waals surface area contributed by atoms with Crippen LogP contribution in [0.15, 0.2) is 4.99 Å². The van der Waals surface area contributed by atoms with Crippen molar-refractivity contribution in [3.05, 3.63) is 0 Å². The van der Waals surface area contributed by atoms with Gasteiger partial charge >= 0.3 is 0 Å². The highest BCUT2D eigenvalue weighted by Gasteiger charge is 2.29. The number of likely N-dealkylation sites (tertiary alicyclic amines) is 1. The van der Waals surface area contributed by atoms with Crippen LogP contribution in [0.25, 0.3) is 0 Å². The van der Waals surface area contributed by atoms with Crippen LogP contribution in [0, 0.1) is 0 Å². The van der Waals surface area contributed by atoms with Gasteiger partial charge in [0.05, 0.1) is 12.1 Å². The van der Waals surface area contributed by atoms with Crippen molar-refractivity contribution >= 4 is 5.96 Å². The Bertz CT molecular complexity index is 383. The third-order valence-corrected chi connectivity index (χ3v) is 5.21. The van der Waals surface area contributed by atoms with Gasteiger partial charge in [-0.15, -0.1) is 0 Å². The van der Waals surface area contributed by atoms with Crippen LogP contribution in [0.2, 0.25) is 0 Å². The molecule has 2 rings (SSSR count). The first kappa shape index (κ1) is 19.5. The molecule has 0 spiro atoms. The third-order valence-electron chi connectivity index (χ3n) is 5.21. The van der Waals surface area contributed by atoms with Gasteiger partial charge in [0.2, 0.25) is 0 Å². The van der Waals surface area contributed by atoms with E-state index in [0.717, 1.165) is 31.6 Å². The van der Waals surface area contributed by atoms with Crippen molar-refractivity contribution in [2.75, 3.05) is 45.9 Å². The molecule has 6 heteroatoms. The molecule has 3 N–H and O–H groups in total. The molecule has 140 valence electrons. The number of hydrogen-bond acceptors (Lipinski definition) is 4. The molecule has 2 fully saturated rings. The van der Waals surface area contributed by atoms with Crippen molar-refractivity contribution in [3.8, 4) is 0 Å². The minimum absolute atomic E-state index is 0.437. The molecular weight excluding hydrogens is 304 g/mol. The smallest absolute Gasteiger partial charge is 0.191 e. The normalized spacial score (nSPS) is 25.5. The summed E-state index contributed by atoms with van der Waals surface area (Å²) in [6.07, 6.45) is 6.60. The molecule has 0 aromatic heterocycles. The Labute approximate surface area is 147 Å². The van der Waals surface area contributed by atoms with Crippen LogP contribution in [0.4, 0.5) is 0 Å². The second kappa shape index (κ2) is 10.2. The molecule has 24 heavy (non-hydrogen) atoms. The summed E-state index contributed by atoms with van der Waals surface area (Å²) >= 11 is 0. The molecule has 0 radical (unpaired) electrons. The summed E-state index contributed by atoms with van der Waals surface area (Å²) < 4.78 is 5.33. The lowest BCUT2D eigenvalue weighted by molar-refractivity contribution is -0.0565. The Morgan fingerprint density at radius 3 is 2.75 bits per heavy atom. The molecule has 2 aliphatic rings. The highest BCUT2D eigenvalue weighted by atomic mass is 16.5. The predicted octanol–water partition coefficient (Wildman–Crippen LogP) is 1.35. The number of rotatable bonds is 7. The van der Waals surface area contributed by atoms with Gasteiger partial charge in [-0.05, 0) is 32.7 Å². The molecule has 0 aromatic carbocycles. The molecule has 2 aliphatic heterocycles. The van der Waals surface area contributed by atoms with Crippen LogP contribution in [-0.2, 0) is 4.74 Å². The van der Waals surface area contributed by atoms with Gasteiger partial charge in [-0.25, -0.2) is 0 Å². The monoisotopic (exact) mass is 340 g/mol. The lowest BCUT2D eigenvalue weighted by Crippen LogP contribution is -2.46. The number of nitrogens with zero attached hydrogens (tertiary/aromatic N) is 2. The highest BCUT2D eigenvalue weighted by Crippen LogP contribution is 2.20. The van der Waals surface area contributed by atoms with Crippen molar-refractivity contribution in [3.63, 3.8) is 0 Å². The fourth-order valence-corrected chi connectivity index (χ4v) is 3.61. The van der Waals surface area contributed by atoms with Crippen LogP contribution < -0.4 is 10.6 Å². The fraction of sp³-hybridized carbons (Fsp3) is 0.944. The molecule has 0 bridgehead atoms. The number of guanidine groups is 1. The van der Waals surface area contributed by atoms with Crippen LogP contribution in [0.5, 0.6) is 0 Å². The molecule has 1 unspecified atom stereocenters. The average molecular weight is 341 g/mol. The first-order valence-corrected chi connectivity index (χ1v) is 9.73. The van der Waals surface area contributed by atoms with Crippen LogP contribution in [0.1, 0.15) is 52.4 Å². The number of aliphatic imine (C=N–C) groups is 1. The van der Waals surface area contributed by atoms with E-state index in [4.69, 9.17) is 4.74 Å². The van der Waals surface area contributed by atoms with Crippen molar-refractivity contribution in [2.45, 2.75) is 64.0 Å². The summed E-state index contributed by atoms with van der Waals surface area (Å²) in [5, 5.41) is 17.2. The maximum atomic E-state index is 10.5. The Morgan fingerprint density at radius 2 is 2.04 bits per heavy atom. The minimum Gasteiger partial charge on any atom is -0.388 e. The third kappa shape index (κ3) is 6.22. The summed E-state index contributed by atoms with van der Waals surface area (Å²) in [5.41, 5.74) is -0.708. The van der Waals surface area contributed by atoms with E-state index < -0.39 is 5.60 Å². The van der Waals surface area contributed by atoms with Gasteiger partial charge in [0.1, 0.15) is 0 Å². The first-order chi connectivity index (χ1) is 11.7. The number of ether oxygens (including phenoxy) is 1. The van der Waals surface area contributed by atoms with Crippen LogP contribution in [-0.4, -0.2) is 73.5 Å². The zero-order valence-corrected chi connectivity index (χ0v) is 15.5. The Hall–Kier alpha value is -0.850. The quantitative estimate of drug-likeness (QED) is 0.482. The molecule has 2 heterocycles. The maximum Gasteiger partial charge on any atom is 0.191 e. The van der Waals surface area contributed by atoms with Gasteiger partial charge in [-0.2, -0.15) is 0 Å². The van der Waals surface area contributed by atoms with Gasteiger partial charge in [0.15, 0.2) is 5.96 Å². The van der Waals surface area contributed by atoms with Crippen molar-refractivity contribution in [1.29, 1.82) is 0 Å². The Balaban J connectivity index is 1.78. The predicted molar refractivity (Wildman–Crippen MR) is 98.5 cm³/mol. The fourth-order valence-electron chi connectivity index (χ4n) is 3.61. The number of hydrogen-bond donors (Lipinski definition) is 3. The van der Waals surface area contributed by atoms with E-state index in [-0.39, 0.29) is 0 Å². The van der Waals surface area contributed by atoms with Gasteiger partial charge in [-0.3, -0.25) is 9.89 Å². The summed E-state index contributed by atoms with van der Waals surface area (Å²) in [4.78, 5) is 7.20. The Morgan fingerprint density at radius 1 is 1.25 bits per heavy atom. The van der Waals surface area contributed by atoms with Crippen molar-refractivity contribution in [2.24, 2.45) is 4.99 Å². The molecule has 1 atom stereocenters. The minimum atomic E-state index is -0.708. The molecular formula is C18H36N4O2. The topological polar surface area (TPSA) is 69.1 Å². The van der Waals surface area contributed by atoms with Gasteiger partial charge in [0.25, 0.3) is 0 Å². The Kier molecular flexibility index (Phi) is 8.29. The van der Waals surface area contributed by atoms with Gasteiger partial charge in [0, 0.05) is 51.7 Å². The second-order valence-corrected chi connectivity index (χ2v) is 7.05. The summed E-state index contributed by atoms with van der Waals surface area (Å²) in [6, 6.07) is 0.739. The van der Waals surface area contributed by atoms with Crippen molar-refractivity contribution in [1.82, 2.24) is 15.5 Å². The lowest BCUT2D eigenvalue weighted by atomic mass is 9.95. The van der Waals surface area contributed by atoms with E-state index >= 15 is 0 Å². The molecule has 0 aliphatic carbocycles. The van der Waals surface area contributed by atoms with E-state index in [1.807, 2.05) is 0 Å². The molecule has 0 aromatic rings. The maximum absolute atomic E-state index is 10.5. The van der Waals surface area contributed by atoms with Crippen LogP contribution in [0.3, 0.4) is 0 Å². The van der Waals surface area contributed by atoms with Crippen LogP contribution >= 0.6 is 0 Å². The molecule has 0 saturated carbocycles. The first-order valence-electron chi connectivity index (χ1n) is 9.73. The lowest BCUT2D eigenvalue weighted by Gasteiger charge is -2.35. The number of nitrogens with one attached hydrogen (secondary N) is 2. The number of piperidine rings is 1. The van der Waals surface area contributed by atoms with Crippen molar-refractivity contribution < 1.29 is 9.84 Å². The summed E-state index contributed by atoms with van der Waals surface area (Å²) in [5.74, 6) is 0.808.